The number of rotatable bonds is 12. The minimum atomic E-state index is -4.13. The molecule has 1 aromatic carbocycles. The van der Waals surface area contributed by atoms with Crippen LogP contribution >= 0.6 is 23.2 Å². The van der Waals surface area contributed by atoms with E-state index in [4.69, 9.17) is 43.8 Å². The molecule has 11 nitrogen and oxygen atoms in total. The molecule has 1 unspecified atom stereocenters. The van der Waals surface area contributed by atoms with E-state index in [1.54, 1.807) is 4.90 Å². The molecular weight excluding hydrogens is 543 g/mol. The standard InChI is InChI=1S/C23H38Cl2N6O5S/c1-14-7-10-31(11-8-14)21(32)19(6-5-9-28-23(27)29-15(2)22(35-3)36-4)30-37(33,34)16-12-17(24)20(26)18(25)13-16/h12-15,19,22,30H,5-11,26H2,1-4H3,(H3,27,28,29)/t15?,19-/m0/s1. The summed E-state index contributed by atoms with van der Waals surface area (Å²) in [7, 11) is -1.10. The van der Waals surface area contributed by atoms with Crippen molar-refractivity contribution >= 4 is 50.8 Å². The Labute approximate surface area is 229 Å². The van der Waals surface area contributed by atoms with Crippen molar-refractivity contribution < 1.29 is 22.7 Å². The van der Waals surface area contributed by atoms with Crippen LogP contribution in [0.15, 0.2) is 17.0 Å². The molecule has 1 aliphatic rings. The minimum Gasteiger partial charge on any atom is -0.396 e. The highest BCUT2D eigenvalue weighted by Gasteiger charge is 2.31. The quantitative estimate of drug-likeness (QED) is 0.0828. The Balaban J connectivity index is 2.07. The molecule has 0 spiro atoms. The molecule has 1 aliphatic heterocycles. The van der Waals surface area contributed by atoms with E-state index >= 15 is 0 Å². The van der Waals surface area contributed by atoms with Crippen LogP contribution in [0.5, 0.6) is 0 Å². The third kappa shape index (κ3) is 9.15. The second-order valence-electron chi connectivity index (χ2n) is 9.20. The van der Waals surface area contributed by atoms with Gasteiger partial charge in [0.25, 0.3) is 0 Å². The van der Waals surface area contributed by atoms with Gasteiger partial charge in [-0.2, -0.15) is 4.72 Å². The number of methoxy groups -OCH3 is 2. The number of piperidine rings is 1. The lowest BCUT2D eigenvalue weighted by Gasteiger charge is -2.33. The molecule has 0 aromatic heterocycles. The van der Waals surface area contributed by atoms with Crippen LogP contribution in [0, 0.1) is 11.3 Å². The summed E-state index contributed by atoms with van der Waals surface area (Å²) >= 11 is 12.1. The smallest absolute Gasteiger partial charge is 0.241 e. The molecule has 0 saturated carbocycles. The van der Waals surface area contributed by atoms with Crippen molar-refractivity contribution in [2.75, 3.05) is 39.6 Å². The number of carbonyl (C=O) groups is 1. The first kappa shape index (κ1) is 31.4. The fourth-order valence-electron chi connectivity index (χ4n) is 4.02. The lowest BCUT2D eigenvalue weighted by molar-refractivity contribution is -0.134. The summed E-state index contributed by atoms with van der Waals surface area (Å²) in [6.45, 7) is 5.43. The van der Waals surface area contributed by atoms with Crippen LogP contribution in [0.2, 0.25) is 10.0 Å². The number of benzene rings is 1. The predicted molar refractivity (Wildman–Crippen MR) is 145 cm³/mol. The van der Waals surface area contributed by atoms with Crippen LogP contribution in [0.3, 0.4) is 0 Å². The highest BCUT2D eigenvalue weighted by molar-refractivity contribution is 7.89. The Bertz CT molecular complexity index is 1010. The number of sulfonamides is 1. The molecule has 1 amide bonds. The Morgan fingerprint density at radius 2 is 1.78 bits per heavy atom. The highest BCUT2D eigenvalue weighted by atomic mass is 35.5. The van der Waals surface area contributed by atoms with Gasteiger partial charge in [-0.15, -0.1) is 0 Å². The number of guanidine groups is 1. The lowest BCUT2D eigenvalue weighted by atomic mass is 9.98. The topological polar surface area (TPSA) is 159 Å². The maximum atomic E-state index is 13.3. The number of nitrogens with two attached hydrogens (primary N) is 1. The van der Waals surface area contributed by atoms with Gasteiger partial charge in [-0.3, -0.25) is 10.2 Å². The normalized spacial score (nSPS) is 16.5. The van der Waals surface area contributed by atoms with Crippen LogP contribution in [-0.2, 0) is 24.3 Å². The summed E-state index contributed by atoms with van der Waals surface area (Å²) in [5.74, 6) is 0.290. The monoisotopic (exact) mass is 580 g/mol. The van der Waals surface area contributed by atoms with Gasteiger partial charge < -0.3 is 30.7 Å². The number of ether oxygens (including phenoxy) is 2. The first-order valence-corrected chi connectivity index (χ1v) is 14.3. The average Bonchev–Trinajstić information content (AvgIpc) is 2.84. The molecule has 1 heterocycles. The molecule has 0 aliphatic carbocycles. The number of likely N-dealkylation sites (tertiary alicyclic amines) is 1. The van der Waals surface area contributed by atoms with Crippen LogP contribution < -0.4 is 21.1 Å². The van der Waals surface area contributed by atoms with E-state index in [-0.39, 0.29) is 45.0 Å². The summed E-state index contributed by atoms with van der Waals surface area (Å²) in [4.78, 5) is 14.9. The van der Waals surface area contributed by atoms with Crippen LogP contribution in [0.1, 0.15) is 39.5 Å². The summed E-state index contributed by atoms with van der Waals surface area (Å²) in [5, 5.41) is 13.9. The Morgan fingerprint density at radius 1 is 1.22 bits per heavy atom. The van der Waals surface area contributed by atoms with E-state index in [1.807, 2.05) is 6.92 Å². The van der Waals surface area contributed by atoms with E-state index in [2.05, 4.69) is 22.3 Å². The van der Waals surface area contributed by atoms with E-state index in [1.165, 1.54) is 26.4 Å². The second kappa shape index (κ2) is 14.4. The van der Waals surface area contributed by atoms with Crippen molar-refractivity contribution in [3.8, 4) is 0 Å². The van der Waals surface area contributed by atoms with Crippen LogP contribution in [0.4, 0.5) is 5.69 Å². The van der Waals surface area contributed by atoms with E-state index in [0.29, 0.717) is 32.0 Å². The molecule has 1 fully saturated rings. The van der Waals surface area contributed by atoms with Crippen molar-refractivity contribution in [3.05, 3.63) is 22.2 Å². The SMILES string of the molecule is COC(OC)C(C)NC(=N)NCCC[C@H](NS(=O)(=O)c1cc(Cl)c(N)c(Cl)c1)C(=O)N1CCC(C)CC1. The molecule has 2 rings (SSSR count). The third-order valence-corrected chi connectivity index (χ3v) is 8.35. The molecule has 37 heavy (non-hydrogen) atoms. The number of hydrogen-bond donors (Lipinski definition) is 5. The van der Waals surface area contributed by atoms with Gasteiger partial charge in [0.15, 0.2) is 12.2 Å². The summed E-state index contributed by atoms with van der Waals surface area (Å²) in [6.07, 6.45) is 1.83. The fourth-order valence-corrected chi connectivity index (χ4v) is 5.92. The van der Waals surface area contributed by atoms with Crippen molar-refractivity contribution in [3.63, 3.8) is 0 Å². The summed E-state index contributed by atoms with van der Waals surface area (Å²) in [5.41, 5.74) is 5.82. The second-order valence-corrected chi connectivity index (χ2v) is 11.7. The molecule has 1 saturated heterocycles. The Kier molecular flexibility index (Phi) is 12.2. The number of anilines is 1. The summed E-state index contributed by atoms with van der Waals surface area (Å²) in [6, 6.07) is 1.13. The lowest BCUT2D eigenvalue weighted by Crippen LogP contribution is -2.51. The Morgan fingerprint density at radius 3 is 2.32 bits per heavy atom. The van der Waals surface area contributed by atoms with Crippen molar-refractivity contribution in [2.45, 2.75) is 62.8 Å². The number of halogens is 2. The van der Waals surface area contributed by atoms with Crippen molar-refractivity contribution in [2.24, 2.45) is 5.92 Å². The first-order valence-electron chi connectivity index (χ1n) is 12.1. The van der Waals surface area contributed by atoms with Gasteiger partial charge in [0.1, 0.15) is 6.04 Å². The molecule has 6 N–H and O–H groups in total. The summed E-state index contributed by atoms with van der Waals surface area (Å²) < 4.78 is 39.2. The van der Waals surface area contributed by atoms with Gasteiger partial charge in [0.2, 0.25) is 15.9 Å². The highest BCUT2D eigenvalue weighted by Crippen LogP contribution is 2.31. The van der Waals surface area contributed by atoms with E-state index < -0.39 is 22.4 Å². The van der Waals surface area contributed by atoms with Crippen molar-refractivity contribution in [1.82, 2.24) is 20.3 Å². The molecule has 0 radical (unpaired) electrons. The molecule has 0 bridgehead atoms. The number of amides is 1. The molecule has 210 valence electrons. The van der Waals surface area contributed by atoms with Gasteiger partial charge in [0, 0.05) is 33.9 Å². The van der Waals surface area contributed by atoms with Gasteiger partial charge in [-0.25, -0.2) is 8.42 Å². The number of hydrogen-bond acceptors (Lipinski definition) is 7. The minimum absolute atomic E-state index is 0.00870. The number of nitrogens with one attached hydrogen (secondary N) is 4. The van der Waals surface area contributed by atoms with E-state index in [9.17, 15) is 13.2 Å². The largest absolute Gasteiger partial charge is 0.396 e. The zero-order chi connectivity index (χ0) is 27.8. The molecule has 2 atom stereocenters. The fraction of sp³-hybridized carbons (Fsp3) is 0.652. The molecular formula is C23H38Cl2N6O5S. The van der Waals surface area contributed by atoms with Gasteiger partial charge >= 0.3 is 0 Å². The number of nitrogen functional groups attached to an aromatic ring is 1. The molecule has 1 aromatic rings. The zero-order valence-corrected chi connectivity index (χ0v) is 24.0. The maximum Gasteiger partial charge on any atom is 0.241 e. The van der Waals surface area contributed by atoms with Gasteiger partial charge in [-0.05, 0) is 50.7 Å². The van der Waals surface area contributed by atoms with Crippen LogP contribution in [-0.4, -0.2) is 77.4 Å². The number of nitrogens with zero attached hydrogens (tertiary/aromatic N) is 1. The van der Waals surface area contributed by atoms with E-state index in [0.717, 1.165) is 12.8 Å². The molecule has 14 heteroatoms. The first-order chi connectivity index (χ1) is 17.4. The number of carbonyl (C=O) groups excluding carboxylic acids is 1. The van der Waals surface area contributed by atoms with Gasteiger partial charge in [-0.1, -0.05) is 30.1 Å². The van der Waals surface area contributed by atoms with Gasteiger partial charge in [0.05, 0.1) is 26.7 Å². The third-order valence-electron chi connectivity index (χ3n) is 6.27. The maximum absolute atomic E-state index is 13.3. The Hall–Kier alpha value is -1.83. The average molecular weight is 582 g/mol. The van der Waals surface area contributed by atoms with Crippen LogP contribution in [0.25, 0.3) is 0 Å². The van der Waals surface area contributed by atoms with Crippen molar-refractivity contribution in [1.29, 1.82) is 5.41 Å². The zero-order valence-electron chi connectivity index (χ0n) is 21.6. The predicted octanol–water partition coefficient (Wildman–Crippen LogP) is 2.38.